The summed E-state index contributed by atoms with van der Waals surface area (Å²) in [5.74, 6) is -0.388. The lowest BCUT2D eigenvalue weighted by atomic mass is 9.95. The second-order valence-corrected chi connectivity index (χ2v) is 8.83. The van der Waals surface area contributed by atoms with Gasteiger partial charge in [0, 0.05) is 13.1 Å². The van der Waals surface area contributed by atoms with Gasteiger partial charge in [-0.2, -0.15) is 8.78 Å². The molecule has 0 radical (unpaired) electrons. The Balaban J connectivity index is 1.47. The van der Waals surface area contributed by atoms with Crippen molar-refractivity contribution in [3.05, 3.63) is 59.9 Å². The van der Waals surface area contributed by atoms with Crippen LogP contribution in [0.3, 0.4) is 0 Å². The van der Waals surface area contributed by atoms with Crippen molar-refractivity contribution in [1.82, 2.24) is 20.2 Å². The van der Waals surface area contributed by atoms with Gasteiger partial charge in [0.15, 0.2) is 0 Å². The monoisotopic (exact) mass is 470 g/mol. The number of amides is 2. The molecule has 2 amide bonds. The largest absolute Gasteiger partial charge is 0.434 e. The average molecular weight is 471 g/mol. The fraction of sp³-hybridized carbons (Fsp3) is 0.400. The van der Waals surface area contributed by atoms with E-state index in [1.54, 1.807) is 6.07 Å². The van der Waals surface area contributed by atoms with Gasteiger partial charge < -0.3 is 19.9 Å². The van der Waals surface area contributed by atoms with E-state index in [1.165, 1.54) is 23.1 Å². The molecule has 0 saturated carbocycles. The lowest BCUT2D eigenvalue weighted by Gasteiger charge is -2.33. The van der Waals surface area contributed by atoms with Gasteiger partial charge in [0.05, 0.1) is 28.6 Å². The van der Waals surface area contributed by atoms with Crippen molar-refractivity contribution < 1.29 is 23.1 Å². The molecule has 7 nitrogen and oxygen atoms in total. The van der Waals surface area contributed by atoms with E-state index in [4.69, 9.17) is 0 Å². The number of nitrogens with zero attached hydrogens (tertiary/aromatic N) is 2. The minimum atomic E-state index is -3.03. The van der Waals surface area contributed by atoms with E-state index in [2.05, 4.69) is 20.0 Å². The van der Waals surface area contributed by atoms with Gasteiger partial charge in [0.2, 0.25) is 5.91 Å². The lowest BCUT2D eigenvalue weighted by molar-refractivity contribution is -0.127. The molecule has 4 rings (SSSR count). The Hall–Kier alpha value is -3.49. The van der Waals surface area contributed by atoms with Gasteiger partial charge >= 0.3 is 6.61 Å². The number of hydrogen-bond donors (Lipinski definition) is 2. The second kappa shape index (κ2) is 10.2. The van der Waals surface area contributed by atoms with Crippen LogP contribution in [0.4, 0.5) is 8.78 Å². The molecule has 1 aliphatic rings. The average Bonchev–Trinajstić information content (AvgIpc) is 3.25. The van der Waals surface area contributed by atoms with Crippen LogP contribution in [0.5, 0.6) is 5.75 Å². The Morgan fingerprint density at radius 3 is 2.62 bits per heavy atom. The third-order valence-electron chi connectivity index (χ3n) is 6.08. The number of aromatic amines is 1. The lowest BCUT2D eigenvalue weighted by Crippen LogP contribution is -2.46. The van der Waals surface area contributed by atoms with Crippen LogP contribution in [0.1, 0.15) is 48.9 Å². The predicted molar refractivity (Wildman–Crippen MR) is 124 cm³/mol. The first kappa shape index (κ1) is 23.7. The number of nitrogens with one attached hydrogen (secondary N) is 2. The Morgan fingerprint density at radius 1 is 1.15 bits per heavy atom. The molecule has 1 aliphatic heterocycles. The summed E-state index contributed by atoms with van der Waals surface area (Å²) in [4.78, 5) is 35.7. The van der Waals surface area contributed by atoms with E-state index in [1.807, 2.05) is 38.1 Å². The normalized spacial score (nSPS) is 17.2. The number of likely N-dealkylation sites (tertiary alicyclic amines) is 1. The summed E-state index contributed by atoms with van der Waals surface area (Å²) in [6.07, 6.45) is 1.27. The van der Waals surface area contributed by atoms with Crippen LogP contribution in [0.25, 0.3) is 11.0 Å². The summed E-state index contributed by atoms with van der Waals surface area (Å²) in [6, 6.07) is 13.3. The number of ether oxygens (including phenoxy) is 1. The van der Waals surface area contributed by atoms with Crippen molar-refractivity contribution in [2.75, 3.05) is 13.1 Å². The molecule has 9 heteroatoms. The summed E-state index contributed by atoms with van der Waals surface area (Å²) in [7, 11) is 0. The number of alkyl halides is 2. The second-order valence-electron chi connectivity index (χ2n) is 8.83. The van der Waals surface area contributed by atoms with Gasteiger partial charge in [0.1, 0.15) is 11.6 Å². The molecule has 180 valence electrons. The van der Waals surface area contributed by atoms with Crippen molar-refractivity contribution in [3.8, 4) is 5.75 Å². The maximum Gasteiger partial charge on any atom is 0.387 e. The number of carbonyl (C=O) groups is 2. The van der Waals surface area contributed by atoms with Crippen molar-refractivity contribution in [1.29, 1.82) is 0 Å². The fourth-order valence-electron chi connectivity index (χ4n) is 4.33. The minimum Gasteiger partial charge on any atom is -0.434 e. The van der Waals surface area contributed by atoms with Crippen LogP contribution in [0.2, 0.25) is 0 Å². The van der Waals surface area contributed by atoms with Gasteiger partial charge in [-0.15, -0.1) is 0 Å². The van der Waals surface area contributed by atoms with Crippen LogP contribution in [-0.4, -0.2) is 46.4 Å². The molecule has 1 fully saturated rings. The van der Waals surface area contributed by atoms with Crippen LogP contribution >= 0.6 is 0 Å². The van der Waals surface area contributed by atoms with E-state index >= 15 is 0 Å². The summed E-state index contributed by atoms with van der Waals surface area (Å²) < 4.78 is 30.0. The Kier molecular flexibility index (Phi) is 7.09. The smallest absolute Gasteiger partial charge is 0.387 e. The van der Waals surface area contributed by atoms with Gasteiger partial charge in [-0.25, -0.2) is 4.98 Å². The number of aromatic nitrogens is 2. The van der Waals surface area contributed by atoms with E-state index in [9.17, 15) is 18.4 Å². The third-order valence-corrected chi connectivity index (χ3v) is 6.08. The molecule has 34 heavy (non-hydrogen) atoms. The number of carbonyl (C=O) groups excluding carboxylic acids is 2. The topological polar surface area (TPSA) is 87.3 Å². The zero-order valence-electron chi connectivity index (χ0n) is 19.1. The highest BCUT2D eigenvalue weighted by atomic mass is 19.3. The molecule has 0 bridgehead atoms. The zero-order chi connectivity index (χ0) is 24.2. The van der Waals surface area contributed by atoms with Crippen LogP contribution in [0, 0.1) is 11.8 Å². The van der Waals surface area contributed by atoms with Gasteiger partial charge in [-0.05, 0) is 43.0 Å². The van der Waals surface area contributed by atoms with E-state index in [0.29, 0.717) is 25.2 Å². The van der Waals surface area contributed by atoms with Crippen molar-refractivity contribution in [2.45, 2.75) is 39.3 Å². The van der Waals surface area contributed by atoms with Gasteiger partial charge in [-0.3, -0.25) is 9.59 Å². The number of imidazole rings is 1. The molecule has 2 atom stereocenters. The highest BCUT2D eigenvalue weighted by Gasteiger charge is 2.32. The number of para-hydroxylation sites is 3. The number of rotatable bonds is 7. The zero-order valence-corrected chi connectivity index (χ0v) is 19.1. The summed E-state index contributed by atoms with van der Waals surface area (Å²) in [6.45, 7) is 1.64. The number of benzene rings is 2. The Morgan fingerprint density at radius 2 is 1.88 bits per heavy atom. The molecule has 0 aliphatic carbocycles. The summed E-state index contributed by atoms with van der Waals surface area (Å²) in [5.41, 5.74) is 1.79. The van der Waals surface area contributed by atoms with E-state index in [-0.39, 0.29) is 35.7 Å². The number of fused-ring (bicyclic) bond motifs is 1. The minimum absolute atomic E-state index is 0.0613. The first-order valence-corrected chi connectivity index (χ1v) is 11.4. The van der Waals surface area contributed by atoms with Crippen LogP contribution < -0.4 is 10.1 Å². The SMILES string of the molecule is CC(C)[C@H](NC(=O)C1CCCN(C(=O)c2ccccc2OC(F)F)C1)c1nc2ccccc2[nH]1. The molecular formula is C25H28F2N4O3. The molecule has 0 spiro atoms. The summed E-state index contributed by atoms with van der Waals surface area (Å²) in [5, 5.41) is 3.11. The molecule has 2 heterocycles. The molecular weight excluding hydrogens is 442 g/mol. The van der Waals surface area contributed by atoms with Crippen molar-refractivity contribution >= 4 is 22.8 Å². The van der Waals surface area contributed by atoms with Gasteiger partial charge in [-0.1, -0.05) is 38.1 Å². The summed E-state index contributed by atoms with van der Waals surface area (Å²) >= 11 is 0. The number of hydrogen-bond acceptors (Lipinski definition) is 4. The first-order chi connectivity index (χ1) is 16.3. The molecule has 1 aromatic heterocycles. The van der Waals surface area contributed by atoms with Crippen LogP contribution in [0.15, 0.2) is 48.5 Å². The first-order valence-electron chi connectivity index (χ1n) is 11.4. The molecule has 3 aromatic rings. The third kappa shape index (κ3) is 5.18. The maximum absolute atomic E-state index is 13.2. The maximum atomic E-state index is 13.2. The molecule has 1 unspecified atom stereocenters. The van der Waals surface area contributed by atoms with Crippen molar-refractivity contribution in [2.24, 2.45) is 11.8 Å². The highest BCUT2D eigenvalue weighted by Crippen LogP contribution is 2.27. The van der Waals surface area contributed by atoms with E-state index in [0.717, 1.165) is 11.0 Å². The quantitative estimate of drug-likeness (QED) is 0.531. The predicted octanol–water partition coefficient (Wildman–Crippen LogP) is 4.53. The van der Waals surface area contributed by atoms with Crippen LogP contribution in [-0.2, 0) is 4.79 Å². The highest BCUT2D eigenvalue weighted by molar-refractivity contribution is 5.97. The fourth-order valence-corrected chi connectivity index (χ4v) is 4.33. The van der Waals surface area contributed by atoms with E-state index < -0.39 is 18.4 Å². The molecule has 1 saturated heterocycles. The Labute approximate surface area is 196 Å². The number of halogens is 2. The van der Waals surface area contributed by atoms with Crippen molar-refractivity contribution in [3.63, 3.8) is 0 Å². The number of H-pyrrole nitrogens is 1. The molecule has 2 aromatic carbocycles. The Bertz CT molecular complexity index is 1130. The standard InChI is InChI=1S/C25H28F2N4O3/c1-15(2)21(22-28-18-10-4-5-11-19(18)29-22)30-23(32)16-8-7-13-31(14-16)24(33)17-9-3-6-12-20(17)34-25(26)27/h3-6,9-12,15-16,21,25H,7-8,13-14H2,1-2H3,(H,28,29)(H,30,32)/t16?,21-/m0/s1. The molecule has 2 N–H and O–H groups in total. The number of piperidine rings is 1. The van der Waals surface area contributed by atoms with Gasteiger partial charge in [0.25, 0.3) is 5.91 Å².